The van der Waals surface area contributed by atoms with E-state index >= 15 is 0 Å². The lowest BCUT2D eigenvalue weighted by molar-refractivity contribution is -0.125. The lowest BCUT2D eigenvalue weighted by Gasteiger charge is -2.29. The zero-order chi connectivity index (χ0) is 19.4. The molecule has 1 amide bonds. The Bertz CT molecular complexity index is 788. The minimum Gasteiger partial charge on any atom is -0.452 e. The van der Waals surface area contributed by atoms with Crippen molar-refractivity contribution in [2.24, 2.45) is 5.92 Å². The molecule has 2 atom stereocenters. The fourth-order valence-corrected chi connectivity index (χ4v) is 3.82. The first-order valence-corrected chi connectivity index (χ1v) is 9.67. The molecule has 1 fully saturated rings. The third-order valence-electron chi connectivity index (χ3n) is 5.42. The van der Waals surface area contributed by atoms with Gasteiger partial charge in [0.2, 0.25) is 0 Å². The summed E-state index contributed by atoms with van der Waals surface area (Å²) in [5, 5.41) is 3.00. The van der Waals surface area contributed by atoms with Gasteiger partial charge < -0.3 is 14.6 Å². The van der Waals surface area contributed by atoms with Crippen LogP contribution < -0.4 is 5.32 Å². The Morgan fingerprint density at radius 1 is 1.04 bits per heavy atom. The number of aromatic nitrogens is 1. The normalized spacial score (nSPS) is 19.5. The molecule has 2 aromatic rings. The lowest BCUT2D eigenvalue weighted by atomic mass is 9.86. The average molecular weight is 368 g/mol. The van der Waals surface area contributed by atoms with Crippen LogP contribution in [0.25, 0.3) is 5.69 Å². The van der Waals surface area contributed by atoms with Gasteiger partial charge in [-0.2, -0.15) is 0 Å². The Morgan fingerprint density at radius 2 is 1.67 bits per heavy atom. The first kappa shape index (κ1) is 19.2. The van der Waals surface area contributed by atoms with E-state index in [9.17, 15) is 9.59 Å². The zero-order valence-corrected chi connectivity index (χ0v) is 16.3. The molecule has 1 heterocycles. The molecule has 5 nitrogen and oxygen atoms in total. The minimum absolute atomic E-state index is 0.192. The molecule has 3 rings (SSSR count). The third kappa shape index (κ3) is 4.59. The summed E-state index contributed by atoms with van der Waals surface area (Å²) in [7, 11) is 0. The maximum Gasteiger partial charge on any atom is 0.338 e. The van der Waals surface area contributed by atoms with Gasteiger partial charge in [0.25, 0.3) is 5.91 Å². The smallest absolute Gasteiger partial charge is 0.338 e. The number of ether oxygens (including phenoxy) is 1. The van der Waals surface area contributed by atoms with Gasteiger partial charge in [0.05, 0.1) is 5.56 Å². The van der Waals surface area contributed by atoms with Crippen LogP contribution in [0.2, 0.25) is 0 Å². The molecule has 0 bridgehead atoms. The first-order chi connectivity index (χ1) is 13.0. The predicted octanol–water partition coefficient (Wildman–Crippen LogP) is 3.95. The summed E-state index contributed by atoms with van der Waals surface area (Å²) in [6.07, 6.45) is 4.50. The van der Waals surface area contributed by atoms with E-state index < -0.39 is 5.97 Å². The van der Waals surface area contributed by atoms with Gasteiger partial charge in [-0.05, 0) is 69.0 Å². The van der Waals surface area contributed by atoms with Gasteiger partial charge in [0.15, 0.2) is 6.61 Å². The van der Waals surface area contributed by atoms with E-state index in [0.29, 0.717) is 11.5 Å². The number of aryl methyl sites for hydroxylation is 2. The van der Waals surface area contributed by atoms with Crippen LogP contribution in [0.5, 0.6) is 0 Å². The molecule has 1 aromatic carbocycles. The summed E-state index contributed by atoms with van der Waals surface area (Å²) in [6.45, 7) is 6.01. The molecule has 1 saturated carbocycles. The second-order valence-electron chi connectivity index (χ2n) is 7.51. The molecule has 1 aromatic heterocycles. The van der Waals surface area contributed by atoms with Crippen molar-refractivity contribution < 1.29 is 14.3 Å². The fraction of sp³-hybridized carbons (Fsp3) is 0.455. The molecule has 0 saturated heterocycles. The average Bonchev–Trinajstić information content (AvgIpc) is 3.00. The molecule has 0 unspecified atom stereocenters. The van der Waals surface area contributed by atoms with Crippen LogP contribution in [-0.4, -0.2) is 29.1 Å². The second-order valence-corrected chi connectivity index (χ2v) is 7.51. The summed E-state index contributed by atoms with van der Waals surface area (Å²) >= 11 is 0. The van der Waals surface area contributed by atoms with E-state index in [1.807, 2.05) is 26.0 Å². The largest absolute Gasteiger partial charge is 0.452 e. The summed E-state index contributed by atoms with van der Waals surface area (Å²) in [5.74, 6) is -0.224. The van der Waals surface area contributed by atoms with E-state index in [2.05, 4.69) is 28.9 Å². The zero-order valence-electron chi connectivity index (χ0n) is 16.3. The number of carbonyl (C=O) groups is 2. The second kappa shape index (κ2) is 8.42. The van der Waals surface area contributed by atoms with E-state index in [1.165, 1.54) is 6.42 Å². The number of nitrogens with one attached hydrogen (secondary N) is 1. The number of benzene rings is 1. The predicted molar refractivity (Wildman–Crippen MR) is 105 cm³/mol. The summed E-state index contributed by atoms with van der Waals surface area (Å²) in [5.41, 5.74) is 3.71. The SMILES string of the molecule is Cc1ccc(C)n1-c1ccc(C(=O)OCC(=O)N[C@H]2CCCC[C@@H]2C)cc1. The molecule has 1 N–H and O–H groups in total. The van der Waals surface area contributed by atoms with Crippen molar-refractivity contribution in [2.75, 3.05) is 6.61 Å². The maximum absolute atomic E-state index is 12.2. The molecular weight excluding hydrogens is 340 g/mol. The first-order valence-electron chi connectivity index (χ1n) is 9.67. The Balaban J connectivity index is 1.54. The number of hydrogen-bond donors (Lipinski definition) is 1. The summed E-state index contributed by atoms with van der Waals surface area (Å²) < 4.78 is 7.31. The molecule has 0 aliphatic heterocycles. The van der Waals surface area contributed by atoms with Crippen molar-refractivity contribution in [3.8, 4) is 5.69 Å². The highest BCUT2D eigenvalue weighted by molar-refractivity contribution is 5.91. The molecule has 0 radical (unpaired) electrons. The molecule has 5 heteroatoms. The Hall–Kier alpha value is -2.56. The van der Waals surface area contributed by atoms with Gasteiger partial charge in [-0.3, -0.25) is 4.79 Å². The van der Waals surface area contributed by atoms with Crippen molar-refractivity contribution in [3.05, 3.63) is 53.3 Å². The highest BCUT2D eigenvalue weighted by atomic mass is 16.5. The Kier molecular flexibility index (Phi) is 5.99. The summed E-state index contributed by atoms with van der Waals surface area (Å²) in [4.78, 5) is 24.3. The molecule has 1 aliphatic carbocycles. The number of carbonyl (C=O) groups excluding carboxylic acids is 2. The molecule has 0 spiro atoms. The van der Waals surface area contributed by atoms with Gasteiger partial charge >= 0.3 is 5.97 Å². The number of esters is 1. The van der Waals surface area contributed by atoms with E-state index in [-0.39, 0.29) is 18.6 Å². The van der Waals surface area contributed by atoms with Gasteiger partial charge in [-0.1, -0.05) is 19.8 Å². The minimum atomic E-state index is -0.477. The van der Waals surface area contributed by atoms with Crippen LogP contribution in [0.3, 0.4) is 0 Å². The molecule has 1 aliphatic rings. The lowest BCUT2D eigenvalue weighted by Crippen LogP contribution is -2.42. The van der Waals surface area contributed by atoms with Crippen molar-refractivity contribution >= 4 is 11.9 Å². The van der Waals surface area contributed by atoms with Crippen molar-refractivity contribution in [1.29, 1.82) is 0 Å². The van der Waals surface area contributed by atoms with E-state index in [0.717, 1.165) is 36.3 Å². The van der Waals surface area contributed by atoms with E-state index in [4.69, 9.17) is 4.74 Å². The van der Waals surface area contributed by atoms with Crippen LogP contribution >= 0.6 is 0 Å². The van der Waals surface area contributed by atoms with Crippen molar-refractivity contribution in [1.82, 2.24) is 9.88 Å². The topological polar surface area (TPSA) is 60.3 Å². The fourth-order valence-electron chi connectivity index (χ4n) is 3.82. The van der Waals surface area contributed by atoms with Crippen molar-refractivity contribution in [2.45, 2.75) is 52.5 Å². The van der Waals surface area contributed by atoms with E-state index in [1.54, 1.807) is 12.1 Å². The number of nitrogens with zero attached hydrogens (tertiary/aromatic N) is 1. The van der Waals surface area contributed by atoms with Crippen LogP contribution in [0, 0.1) is 19.8 Å². The van der Waals surface area contributed by atoms with Gasteiger partial charge in [-0.15, -0.1) is 0 Å². The van der Waals surface area contributed by atoms with Gasteiger partial charge in [0.1, 0.15) is 0 Å². The molecular formula is C22H28N2O3. The van der Waals surface area contributed by atoms with Crippen LogP contribution in [0.1, 0.15) is 54.4 Å². The van der Waals surface area contributed by atoms with Crippen LogP contribution in [0.4, 0.5) is 0 Å². The Labute approximate surface area is 160 Å². The third-order valence-corrected chi connectivity index (χ3v) is 5.42. The van der Waals surface area contributed by atoms with Gasteiger partial charge in [0, 0.05) is 23.1 Å². The number of rotatable bonds is 5. The number of hydrogen-bond acceptors (Lipinski definition) is 3. The monoisotopic (exact) mass is 368 g/mol. The molecule has 144 valence electrons. The van der Waals surface area contributed by atoms with Crippen LogP contribution in [0.15, 0.2) is 36.4 Å². The highest BCUT2D eigenvalue weighted by Crippen LogP contribution is 2.23. The maximum atomic E-state index is 12.2. The molecule has 27 heavy (non-hydrogen) atoms. The standard InChI is InChI=1S/C22H28N2O3/c1-15-6-4-5-7-20(15)23-21(25)14-27-22(26)18-10-12-19(13-11-18)24-16(2)8-9-17(24)3/h8-13,15,20H,4-7,14H2,1-3H3,(H,23,25)/t15-,20-/m0/s1. The van der Waals surface area contributed by atoms with Crippen molar-refractivity contribution in [3.63, 3.8) is 0 Å². The quantitative estimate of drug-likeness (QED) is 0.813. The summed E-state index contributed by atoms with van der Waals surface area (Å²) in [6, 6.07) is 11.6. The van der Waals surface area contributed by atoms with Crippen LogP contribution in [-0.2, 0) is 9.53 Å². The number of amides is 1. The van der Waals surface area contributed by atoms with Gasteiger partial charge in [-0.25, -0.2) is 4.79 Å². The Morgan fingerprint density at radius 3 is 2.30 bits per heavy atom. The highest BCUT2D eigenvalue weighted by Gasteiger charge is 2.23.